The van der Waals surface area contributed by atoms with Crippen molar-refractivity contribution in [2.75, 3.05) is 19.6 Å². The Morgan fingerprint density at radius 2 is 1.90 bits per heavy atom. The molecule has 0 aliphatic carbocycles. The van der Waals surface area contributed by atoms with Crippen molar-refractivity contribution in [3.05, 3.63) is 66.3 Å². The number of halogens is 1. The third-order valence-electron chi connectivity index (χ3n) is 5.38. The highest BCUT2D eigenvalue weighted by molar-refractivity contribution is 5.94. The zero-order valence-electron chi connectivity index (χ0n) is 16.7. The van der Waals surface area contributed by atoms with E-state index < -0.39 is 0 Å². The molecule has 4 rings (SSSR count). The highest BCUT2D eigenvalue weighted by Gasteiger charge is 2.26. The largest absolute Gasteiger partial charge is 0.352 e. The van der Waals surface area contributed by atoms with E-state index in [0.717, 1.165) is 12.8 Å². The smallest absolute Gasteiger partial charge is 0.272 e. The van der Waals surface area contributed by atoms with Crippen LogP contribution < -0.4 is 5.32 Å². The van der Waals surface area contributed by atoms with Crippen molar-refractivity contribution in [2.24, 2.45) is 13.0 Å². The Balaban J connectivity index is 1.32. The summed E-state index contributed by atoms with van der Waals surface area (Å²) in [5, 5.41) is 6.95. The first kappa shape index (κ1) is 19.8. The van der Waals surface area contributed by atoms with Crippen LogP contribution in [0.2, 0.25) is 0 Å². The first-order chi connectivity index (χ1) is 14.5. The number of likely N-dealkylation sites (tertiary alicyclic amines) is 1. The molecule has 3 heterocycles. The fourth-order valence-corrected chi connectivity index (χ4v) is 3.64. The molecule has 1 N–H and O–H groups in total. The number of hydrogen-bond acceptors (Lipinski definition) is 4. The van der Waals surface area contributed by atoms with Crippen LogP contribution in [-0.2, 0) is 7.05 Å². The fourth-order valence-electron chi connectivity index (χ4n) is 3.64. The molecular formula is C21H23FN6O2. The molecular weight excluding hydrogens is 387 g/mol. The number of rotatable bonds is 5. The summed E-state index contributed by atoms with van der Waals surface area (Å²) in [5.74, 6) is -0.249. The predicted molar refractivity (Wildman–Crippen MR) is 108 cm³/mol. The van der Waals surface area contributed by atoms with Gasteiger partial charge in [-0.05, 0) is 43.0 Å². The lowest BCUT2D eigenvalue weighted by atomic mass is 9.96. The number of nitrogens with one attached hydrogen (secondary N) is 1. The van der Waals surface area contributed by atoms with Crippen LogP contribution in [0.3, 0.4) is 0 Å². The van der Waals surface area contributed by atoms with Gasteiger partial charge in [0.15, 0.2) is 0 Å². The molecule has 9 heteroatoms. The zero-order chi connectivity index (χ0) is 21.1. The monoisotopic (exact) mass is 410 g/mol. The van der Waals surface area contributed by atoms with Gasteiger partial charge in [0.1, 0.15) is 11.5 Å². The van der Waals surface area contributed by atoms with Crippen LogP contribution in [0.15, 0.2) is 49.2 Å². The number of benzene rings is 1. The van der Waals surface area contributed by atoms with E-state index in [0.29, 0.717) is 42.5 Å². The quantitative estimate of drug-likeness (QED) is 0.698. The maximum atomic E-state index is 13.2. The number of imidazole rings is 1. The molecule has 1 saturated heterocycles. The second-order valence-corrected chi connectivity index (χ2v) is 7.47. The molecule has 2 aromatic heterocycles. The van der Waals surface area contributed by atoms with Gasteiger partial charge >= 0.3 is 0 Å². The van der Waals surface area contributed by atoms with E-state index in [1.54, 1.807) is 52.1 Å². The Bertz CT molecular complexity index is 1030. The number of aryl methyl sites for hydroxylation is 1. The third-order valence-corrected chi connectivity index (χ3v) is 5.38. The average Bonchev–Trinajstić information content (AvgIpc) is 3.42. The van der Waals surface area contributed by atoms with Crippen molar-refractivity contribution >= 4 is 11.8 Å². The Morgan fingerprint density at radius 3 is 2.57 bits per heavy atom. The van der Waals surface area contributed by atoms with E-state index in [-0.39, 0.29) is 17.6 Å². The molecule has 2 amide bonds. The van der Waals surface area contributed by atoms with E-state index in [4.69, 9.17) is 0 Å². The standard InChI is InChI=1S/C21H23FN6O2/c1-26-13-16(11-25-26)20(29)24-10-15-6-8-27(9-7-15)21(30)19-12-23-14-28(19)18-4-2-17(22)3-5-18/h2-5,11-15H,6-10H2,1H3,(H,24,29). The molecule has 1 aromatic carbocycles. The number of carbonyl (C=O) groups excluding carboxylic acids is 2. The van der Waals surface area contributed by atoms with Gasteiger partial charge in [0, 0.05) is 38.6 Å². The topological polar surface area (TPSA) is 85.0 Å². The normalized spacial score (nSPS) is 14.7. The third kappa shape index (κ3) is 4.24. The van der Waals surface area contributed by atoms with Crippen LogP contribution in [0.4, 0.5) is 4.39 Å². The number of aromatic nitrogens is 4. The molecule has 3 aromatic rings. The Kier molecular flexibility index (Phi) is 5.60. The molecule has 30 heavy (non-hydrogen) atoms. The molecule has 1 aliphatic heterocycles. The van der Waals surface area contributed by atoms with Crippen LogP contribution >= 0.6 is 0 Å². The minimum atomic E-state index is -0.329. The minimum absolute atomic E-state index is 0.102. The van der Waals surface area contributed by atoms with Gasteiger partial charge in [-0.3, -0.25) is 18.8 Å². The van der Waals surface area contributed by atoms with E-state index >= 15 is 0 Å². The van der Waals surface area contributed by atoms with Gasteiger partial charge in [-0.25, -0.2) is 9.37 Å². The summed E-state index contributed by atoms with van der Waals surface area (Å²) >= 11 is 0. The molecule has 1 aliphatic rings. The molecule has 8 nitrogen and oxygen atoms in total. The van der Waals surface area contributed by atoms with Crippen LogP contribution in [0.5, 0.6) is 0 Å². The first-order valence-electron chi connectivity index (χ1n) is 9.85. The SMILES string of the molecule is Cn1cc(C(=O)NCC2CCN(C(=O)c3cncn3-c3ccc(F)cc3)CC2)cn1. The summed E-state index contributed by atoms with van der Waals surface area (Å²) in [5.41, 5.74) is 1.68. The first-order valence-corrected chi connectivity index (χ1v) is 9.85. The van der Waals surface area contributed by atoms with Gasteiger partial charge in [0.25, 0.3) is 11.8 Å². The number of carbonyl (C=O) groups is 2. The Hall–Kier alpha value is -3.49. The summed E-state index contributed by atoms with van der Waals surface area (Å²) < 4.78 is 16.5. The Morgan fingerprint density at radius 1 is 1.17 bits per heavy atom. The highest BCUT2D eigenvalue weighted by Crippen LogP contribution is 2.20. The summed E-state index contributed by atoms with van der Waals surface area (Å²) in [6.07, 6.45) is 7.93. The van der Waals surface area contributed by atoms with E-state index in [1.807, 2.05) is 0 Å². The van der Waals surface area contributed by atoms with E-state index in [1.165, 1.54) is 18.3 Å². The molecule has 0 spiro atoms. The number of piperidine rings is 1. The van der Waals surface area contributed by atoms with Crippen molar-refractivity contribution in [1.29, 1.82) is 0 Å². The lowest BCUT2D eigenvalue weighted by Crippen LogP contribution is -2.42. The average molecular weight is 410 g/mol. The molecule has 0 atom stereocenters. The van der Waals surface area contributed by atoms with E-state index in [2.05, 4.69) is 15.4 Å². The lowest BCUT2D eigenvalue weighted by molar-refractivity contribution is 0.0676. The van der Waals surface area contributed by atoms with Crippen LogP contribution in [0.1, 0.15) is 33.7 Å². The summed E-state index contributed by atoms with van der Waals surface area (Å²) in [6.45, 7) is 1.80. The molecule has 0 bridgehead atoms. The van der Waals surface area contributed by atoms with Gasteiger partial charge in [0.05, 0.1) is 24.3 Å². The maximum absolute atomic E-state index is 13.2. The molecule has 156 valence electrons. The van der Waals surface area contributed by atoms with Crippen molar-refractivity contribution < 1.29 is 14.0 Å². The van der Waals surface area contributed by atoms with Gasteiger partial charge in [-0.15, -0.1) is 0 Å². The second kappa shape index (κ2) is 8.48. The summed E-state index contributed by atoms with van der Waals surface area (Å²) in [6, 6.07) is 5.94. The van der Waals surface area contributed by atoms with Crippen LogP contribution in [0.25, 0.3) is 5.69 Å². The van der Waals surface area contributed by atoms with Gasteiger partial charge in [-0.2, -0.15) is 5.10 Å². The summed E-state index contributed by atoms with van der Waals surface area (Å²) in [4.78, 5) is 31.1. The number of nitrogens with zero attached hydrogens (tertiary/aromatic N) is 5. The minimum Gasteiger partial charge on any atom is -0.352 e. The summed E-state index contributed by atoms with van der Waals surface area (Å²) in [7, 11) is 1.77. The van der Waals surface area contributed by atoms with E-state index in [9.17, 15) is 14.0 Å². The van der Waals surface area contributed by atoms with Crippen molar-refractivity contribution in [1.82, 2.24) is 29.5 Å². The van der Waals surface area contributed by atoms with Crippen molar-refractivity contribution in [2.45, 2.75) is 12.8 Å². The van der Waals surface area contributed by atoms with Crippen molar-refractivity contribution in [3.8, 4) is 5.69 Å². The second-order valence-electron chi connectivity index (χ2n) is 7.47. The number of amides is 2. The number of hydrogen-bond donors (Lipinski definition) is 1. The highest BCUT2D eigenvalue weighted by atomic mass is 19.1. The molecule has 0 radical (unpaired) electrons. The lowest BCUT2D eigenvalue weighted by Gasteiger charge is -2.32. The predicted octanol–water partition coefficient (Wildman–Crippen LogP) is 2.03. The van der Waals surface area contributed by atoms with Gasteiger partial charge < -0.3 is 10.2 Å². The van der Waals surface area contributed by atoms with Gasteiger partial charge in [-0.1, -0.05) is 0 Å². The maximum Gasteiger partial charge on any atom is 0.272 e. The molecule has 0 unspecified atom stereocenters. The molecule has 1 fully saturated rings. The van der Waals surface area contributed by atoms with Crippen molar-refractivity contribution in [3.63, 3.8) is 0 Å². The van der Waals surface area contributed by atoms with Crippen LogP contribution in [0, 0.1) is 11.7 Å². The molecule has 0 saturated carbocycles. The fraction of sp³-hybridized carbons (Fsp3) is 0.333. The van der Waals surface area contributed by atoms with Crippen LogP contribution in [-0.4, -0.2) is 55.7 Å². The Labute approximate surface area is 173 Å². The zero-order valence-corrected chi connectivity index (χ0v) is 16.7. The van der Waals surface area contributed by atoms with Gasteiger partial charge in [0.2, 0.25) is 0 Å².